The summed E-state index contributed by atoms with van der Waals surface area (Å²) in [5.74, 6) is -0.263. The first-order valence-electron chi connectivity index (χ1n) is 7.07. The molecule has 4 N–H and O–H groups in total. The van der Waals surface area contributed by atoms with Gasteiger partial charge in [-0.15, -0.1) is 0 Å². The van der Waals surface area contributed by atoms with Crippen LogP contribution in [-0.2, 0) is 0 Å². The number of rotatable bonds is 3. The van der Waals surface area contributed by atoms with Gasteiger partial charge in [-0.05, 0) is 31.4 Å². The molecule has 3 rings (SSSR count). The monoisotopic (exact) mass is 286 g/mol. The zero-order chi connectivity index (χ0) is 14.8. The van der Waals surface area contributed by atoms with Crippen molar-refractivity contribution in [2.75, 3.05) is 0 Å². The standard InChI is InChI=1S/C15H18N4O2/c16-10-6-7-11(8-10)17-15(21)13-9-14(20)19(18-13)12-4-2-1-3-5-12/h1-5,9-11,18H,6-8,16H2,(H,17,21)/t10-,11-/m1/s1. The molecule has 0 radical (unpaired) electrons. The molecule has 0 spiro atoms. The van der Waals surface area contributed by atoms with E-state index < -0.39 is 0 Å². The van der Waals surface area contributed by atoms with Crippen molar-refractivity contribution in [2.45, 2.75) is 31.3 Å². The molecule has 0 aliphatic heterocycles. The van der Waals surface area contributed by atoms with Gasteiger partial charge in [-0.2, -0.15) is 0 Å². The summed E-state index contributed by atoms with van der Waals surface area (Å²) in [6, 6.07) is 10.7. The zero-order valence-corrected chi connectivity index (χ0v) is 11.6. The highest BCUT2D eigenvalue weighted by molar-refractivity contribution is 5.92. The van der Waals surface area contributed by atoms with Crippen LogP contribution in [0.5, 0.6) is 0 Å². The van der Waals surface area contributed by atoms with Crippen LogP contribution in [0, 0.1) is 0 Å². The number of nitrogens with two attached hydrogens (primary N) is 1. The van der Waals surface area contributed by atoms with E-state index in [1.807, 2.05) is 18.2 Å². The number of nitrogens with one attached hydrogen (secondary N) is 2. The summed E-state index contributed by atoms with van der Waals surface area (Å²) in [4.78, 5) is 24.1. The van der Waals surface area contributed by atoms with Gasteiger partial charge in [-0.25, -0.2) is 4.68 Å². The highest BCUT2D eigenvalue weighted by atomic mass is 16.2. The Hall–Kier alpha value is -2.34. The van der Waals surface area contributed by atoms with E-state index in [1.54, 1.807) is 12.1 Å². The van der Waals surface area contributed by atoms with Crippen LogP contribution in [0.4, 0.5) is 0 Å². The summed E-state index contributed by atoms with van der Waals surface area (Å²) in [5, 5.41) is 5.76. The minimum atomic E-state index is -0.263. The summed E-state index contributed by atoms with van der Waals surface area (Å²) in [6.45, 7) is 0. The van der Waals surface area contributed by atoms with Gasteiger partial charge in [0.1, 0.15) is 5.69 Å². The third kappa shape index (κ3) is 2.90. The molecule has 2 atom stereocenters. The predicted molar refractivity (Wildman–Crippen MR) is 79.5 cm³/mol. The Bertz CT molecular complexity index is 689. The van der Waals surface area contributed by atoms with E-state index in [0.29, 0.717) is 5.69 Å². The number of aromatic nitrogens is 2. The molecule has 1 saturated carbocycles. The van der Waals surface area contributed by atoms with Crippen LogP contribution in [0.15, 0.2) is 41.2 Å². The highest BCUT2D eigenvalue weighted by Crippen LogP contribution is 2.17. The Morgan fingerprint density at radius 1 is 1.29 bits per heavy atom. The van der Waals surface area contributed by atoms with Crippen LogP contribution in [0.3, 0.4) is 0 Å². The topological polar surface area (TPSA) is 92.9 Å². The van der Waals surface area contributed by atoms with E-state index in [1.165, 1.54) is 10.7 Å². The SMILES string of the molecule is N[C@@H]1CC[C@@H](NC(=O)c2cc(=O)n(-c3ccccc3)[nH]2)C1. The first kappa shape index (κ1) is 13.6. The number of carbonyl (C=O) groups excluding carboxylic acids is 1. The molecule has 0 bridgehead atoms. The minimum absolute atomic E-state index is 0.0936. The molecular weight excluding hydrogens is 268 g/mol. The van der Waals surface area contributed by atoms with Gasteiger partial charge in [-0.1, -0.05) is 18.2 Å². The average molecular weight is 286 g/mol. The molecule has 1 amide bonds. The summed E-state index contributed by atoms with van der Waals surface area (Å²) < 4.78 is 1.36. The lowest BCUT2D eigenvalue weighted by molar-refractivity contribution is 0.0932. The van der Waals surface area contributed by atoms with Gasteiger partial charge >= 0.3 is 0 Å². The molecule has 1 aromatic heterocycles. The Morgan fingerprint density at radius 2 is 2.05 bits per heavy atom. The molecule has 1 fully saturated rings. The maximum absolute atomic E-state index is 12.2. The fraction of sp³-hybridized carbons (Fsp3) is 0.333. The van der Waals surface area contributed by atoms with E-state index in [4.69, 9.17) is 5.73 Å². The number of hydrogen-bond donors (Lipinski definition) is 3. The number of aromatic amines is 1. The fourth-order valence-corrected chi connectivity index (χ4v) is 2.69. The Kier molecular flexibility index (Phi) is 3.62. The lowest BCUT2D eigenvalue weighted by Gasteiger charge is -2.11. The van der Waals surface area contributed by atoms with E-state index in [2.05, 4.69) is 10.4 Å². The van der Waals surface area contributed by atoms with Crippen LogP contribution >= 0.6 is 0 Å². The molecular formula is C15H18N4O2. The summed E-state index contributed by atoms with van der Waals surface area (Å²) in [7, 11) is 0. The second-order valence-corrected chi connectivity index (χ2v) is 5.42. The molecule has 110 valence electrons. The first-order chi connectivity index (χ1) is 10.1. The number of carbonyl (C=O) groups is 1. The van der Waals surface area contributed by atoms with Gasteiger partial charge in [0.2, 0.25) is 0 Å². The van der Waals surface area contributed by atoms with Crippen molar-refractivity contribution in [3.8, 4) is 5.69 Å². The average Bonchev–Trinajstić information content (AvgIpc) is 3.06. The maximum Gasteiger partial charge on any atom is 0.271 e. The third-order valence-electron chi connectivity index (χ3n) is 3.79. The van der Waals surface area contributed by atoms with Crippen molar-refractivity contribution >= 4 is 5.91 Å². The molecule has 1 heterocycles. The number of benzene rings is 1. The van der Waals surface area contributed by atoms with Gasteiger partial charge in [0.15, 0.2) is 0 Å². The van der Waals surface area contributed by atoms with Crippen LogP contribution in [0.2, 0.25) is 0 Å². The van der Waals surface area contributed by atoms with Crippen LogP contribution in [0.25, 0.3) is 5.69 Å². The second-order valence-electron chi connectivity index (χ2n) is 5.42. The van der Waals surface area contributed by atoms with Gasteiger partial charge in [0.05, 0.1) is 5.69 Å². The van der Waals surface area contributed by atoms with Crippen LogP contribution < -0.4 is 16.6 Å². The number of amides is 1. The fourth-order valence-electron chi connectivity index (χ4n) is 2.69. The van der Waals surface area contributed by atoms with Gasteiger partial charge in [-0.3, -0.25) is 14.7 Å². The summed E-state index contributed by atoms with van der Waals surface area (Å²) in [5.41, 5.74) is 6.54. The van der Waals surface area contributed by atoms with Crippen LogP contribution in [0.1, 0.15) is 29.8 Å². The van der Waals surface area contributed by atoms with Crippen molar-refractivity contribution in [2.24, 2.45) is 5.73 Å². The molecule has 6 heteroatoms. The molecule has 2 aromatic rings. The highest BCUT2D eigenvalue weighted by Gasteiger charge is 2.24. The van der Waals surface area contributed by atoms with Gasteiger partial charge in [0, 0.05) is 18.2 Å². The Balaban J connectivity index is 1.78. The molecule has 0 saturated heterocycles. The quantitative estimate of drug-likeness (QED) is 0.778. The molecule has 1 aromatic carbocycles. The second kappa shape index (κ2) is 5.57. The lowest BCUT2D eigenvalue weighted by atomic mass is 10.2. The van der Waals surface area contributed by atoms with Crippen molar-refractivity contribution in [1.29, 1.82) is 0 Å². The van der Waals surface area contributed by atoms with Gasteiger partial charge < -0.3 is 11.1 Å². The zero-order valence-electron chi connectivity index (χ0n) is 11.6. The molecule has 1 aliphatic carbocycles. The van der Waals surface area contributed by atoms with Crippen molar-refractivity contribution < 1.29 is 4.79 Å². The normalized spacial score (nSPS) is 21.4. The Morgan fingerprint density at radius 3 is 2.71 bits per heavy atom. The van der Waals surface area contributed by atoms with Crippen molar-refractivity contribution in [3.05, 3.63) is 52.4 Å². The Labute approximate surface area is 121 Å². The summed E-state index contributed by atoms with van der Waals surface area (Å²) in [6.07, 6.45) is 2.60. The summed E-state index contributed by atoms with van der Waals surface area (Å²) >= 11 is 0. The molecule has 6 nitrogen and oxygen atoms in total. The molecule has 0 unspecified atom stereocenters. The third-order valence-corrected chi connectivity index (χ3v) is 3.79. The van der Waals surface area contributed by atoms with E-state index in [9.17, 15) is 9.59 Å². The first-order valence-corrected chi connectivity index (χ1v) is 7.07. The number of para-hydroxylation sites is 1. The van der Waals surface area contributed by atoms with Gasteiger partial charge in [0.25, 0.3) is 11.5 Å². The largest absolute Gasteiger partial charge is 0.348 e. The lowest BCUT2D eigenvalue weighted by Crippen LogP contribution is -2.34. The molecule has 21 heavy (non-hydrogen) atoms. The van der Waals surface area contributed by atoms with E-state index >= 15 is 0 Å². The van der Waals surface area contributed by atoms with Crippen molar-refractivity contribution in [3.63, 3.8) is 0 Å². The minimum Gasteiger partial charge on any atom is -0.348 e. The van der Waals surface area contributed by atoms with Crippen molar-refractivity contribution in [1.82, 2.24) is 15.1 Å². The van der Waals surface area contributed by atoms with Crippen LogP contribution in [-0.4, -0.2) is 27.8 Å². The van der Waals surface area contributed by atoms with E-state index in [0.717, 1.165) is 19.3 Å². The molecule has 1 aliphatic rings. The van der Waals surface area contributed by atoms with E-state index in [-0.39, 0.29) is 29.2 Å². The number of nitrogens with zero attached hydrogens (tertiary/aromatic N) is 1. The number of hydrogen-bond acceptors (Lipinski definition) is 3. The smallest absolute Gasteiger partial charge is 0.271 e. The number of H-pyrrole nitrogens is 1. The predicted octanol–water partition coefficient (Wildman–Crippen LogP) is 0.775. The maximum atomic E-state index is 12.2.